The average molecular weight is 268 g/mol. The van der Waals surface area contributed by atoms with E-state index in [1.165, 1.54) is 18.4 Å². The van der Waals surface area contributed by atoms with Crippen LogP contribution < -0.4 is 5.73 Å². The van der Waals surface area contributed by atoms with E-state index in [0.717, 1.165) is 4.47 Å². The monoisotopic (exact) mass is 267 g/mol. The summed E-state index contributed by atoms with van der Waals surface area (Å²) >= 11 is 3.47. The molecule has 15 heavy (non-hydrogen) atoms. The molecule has 1 atom stereocenters. The van der Waals surface area contributed by atoms with Crippen molar-refractivity contribution in [3.8, 4) is 0 Å². The number of rotatable bonds is 3. The van der Waals surface area contributed by atoms with Gasteiger partial charge >= 0.3 is 0 Å². The van der Waals surface area contributed by atoms with Crippen LogP contribution in [-0.4, -0.2) is 5.54 Å². The number of hydrogen-bond acceptors (Lipinski definition) is 1. The summed E-state index contributed by atoms with van der Waals surface area (Å²) in [6, 6.07) is 8.61. The molecular formula is C13H18BrN. The third-order valence-corrected chi connectivity index (χ3v) is 3.87. The van der Waals surface area contributed by atoms with Crippen LogP contribution in [0.1, 0.15) is 38.2 Å². The lowest BCUT2D eigenvalue weighted by Gasteiger charge is -2.27. The van der Waals surface area contributed by atoms with E-state index in [2.05, 4.69) is 54.0 Å². The Morgan fingerprint density at radius 1 is 1.20 bits per heavy atom. The lowest BCUT2D eigenvalue weighted by molar-refractivity contribution is 0.403. The molecule has 2 heteroatoms. The summed E-state index contributed by atoms with van der Waals surface area (Å²) in [6.45, 7) is 4.53. The molecule has 1 aromatic carbocycles. The summed E-state index contributed by atoms with van der Waals surface area (Å²) in [6.07, 6.45) is 2.35. The first-order chi connectivity index (χ1) is 7.03. The minimum atomic E-state index is 0.0714. The van der Waals surface area contributed by atoms with Crippen LogP contribution in [0, 0.1) is 5.92 Å². The van der Waals surface area contributed by atoms with Crippen molar-refractivity contribution in [1.29, 1.82) is 0 Å². The van der Waals surface area contributed by atoms with Gasteiger partial charge < -0.3 is 5.73 Å². The van der Waals surface area contributed by atoms with Crippen molar-refractivity contribution in [2.45, 2.75) is 38.1 Å². The van der Waals surface area contributed by atoms with Crippen molar-refractivity contribution < 1.29 is 0 Å². The molecule has 1 fully saturated rings. The molecule has 1 saturated carbocycles. The van der Waals surface area contributed by atoms with E-state index in [1.54, 1.807) is 0 Å². The molecule has 0 radical (unpaired) electrons. The Morgan fingerprint density at radius 2 is 1.73 bits per heavy atom. The highest BCUT2D eigenvalue weighted by molar-refractivity contribution is 9.10. The molecule has 0 aliphatic heterocycles. The maximum absolute atomic E-state index is 6.35. The van der Waals surface area contributed by atoms with Gasteiger partial charge in [0.2, 0.25) is 0 Å². The van der Waals surface area contributed by atoms with Crippen LogP contribution in [0.25, 0.3) is 0 Å². The number of halogens is 1. The van der Waals surface area contributed by atoms with Gasteiger partial charge in [-0.05, 0) is 36.5 Å². The minimum Gasteiger partial charge on any atom is -0.325 e. The minimum absolute atomic E-state index is 0.0714. The van der Waals surface area contributed by atoms with E-state index in [1.807, 2.05) is 0 Å². The van der Waals surface area contributed by atoms with E-state index in [-0.39, 0.29) is 5.54 Å². The third-order valence-electron chi connectivity index (χ3n) is 3.34. The van der Waals surface area contributed by atoms with Gasteiger partial charge in [-0.3, -0.25) is 0 Å². The fraction of sp³-hybridized carbons (Fsp3) is 0.538. The second-order valence-electron chi connectivity index (χ2n) is 5.01. The van der Waals surface area contributed by atoms with E-state index < -0.39 is 0 Å². The molecule has 1 aliphatic rings. The lowest BCUT2D eigenvalue weighted by Crippen LogP contribution is -2.33. The third kappa shape index (κ3) is 2.26. The van der Waals surface area contributed by atoms with Crippen LogP contribution >= 0.6 is 15.9 Å². The first kappa shape index (κ1) is 11.2. The molecule has 82 valence electrons. The molecule has 1 aromatic rings. The molecule has 2 rings (SSSR count). The van der Waals surface area contributed by atoms with Gasteiger partial charge in [-0.15, -0.1) is 0 Å². The maximum atomic E-state index is 6.35. The van der Waals surface area contributed by atoms with Gasteiger partial charge in [0, 0.05) is 15.9 Å². The first-order valence-electron chi connectivity index (χ1n) is 5.57. The second-order valence-corrected chi connectivity index (χ2v) is 5.92. The highest BCUT2D eigenvalue weighted by Gasteiger charge is 2.47. The van der Waals surface area contributed by atoms with Gasteiger partial charge in [0.25, 0.3) is 0 Å². The first-order valence-corrected chi connectivity index (χ1v) is 6.36. The molecule has 1 nitrogen and oxygen atoms in total. The summed E-state index contributed by atoms with van der Waals surface area (Å²) in [5, 5.41) is 0. The largest absolute Gasteiger partial charge is 0.325 e. The maximum Gasteiger partial charge on any atom is 0.0227 e. The van der Waals surface area contributed by atoms with Crippen LogP contribution in [0.2, 0.25) is 0 Å². The summed E-state index contributed by atoms with van der Waals surface area (Å²) < 4.78 is 1.13. The van der Waals surface area contributed by atoms with Crippen LogP contribution in [0.5, 0.6) is 0 Å². The number of hydrogen-bond donors (Lipinski definition) is 1. The SMILES string of the molecule is CC(C)C(c1ccc(Br)cc1)C1(N)CC1. The van der Waals surface area contributed by atoms with Gasteiger partial charge in [0.05, 0.1) is 0 Å². The summed E-state index contributed by atoms with van der Waals surface area (Å²) in [5.74, 6) is 1.12. The van der Waals surface area contributed by atoms with Crippen molar-refractivity contribution in [3.63, 3.8) is 0 Å². The van der Waals surface area contributed by atoms with Crippen LogP contribution in [-0.2, 0) is 0 Å². The van der Waals surface area contributed by atoms with Crippen LogP contribution in [0.15, 0.2) is 28.7 Å². The highest BCUT2D eigenvalue weighted by Crippen LogP contribution is 2.48. The Balaban J connectivity index is 2.29. The zero-order chi connectivity index (χ0) is 11.1. The second kappa shape index (κ2) is 3.91. The topological polar surface area (TPSA) is 26.0 Å². The summed E-state index contributed by atoms with van der Waals surface area (Å²) in [4.78, 5) is 0. The van der Waals surface area contributed by atoms with Crippen molar-refractivity contribution in [2.24, 2.45) is 11.7 Å². The Bertz CT molecular complexity index is 338. The smallest absolute Gasteiger partial charge is 0.0227 e. The molecule has 0 amide bonds. The average Bonchev–Trinajstić information content (AvgIpc) is 2.88. The van der Waals surface area contributed by atoms with Crippen LogP contribution in [0.4, 0.5) is 0 Å². The van der Waals surface area contributed by atoms with E-state index in [9.17, 15) is 0 Å². The van der Waals surface area contributed by atoms with Crippen LogP contribution in [0.3, 0.4) is 0 Å². The van der Waals surface area contributed by atoms with Crippen molar-refractivity contribution >= 4 is 15.9 Å². The Hall–Kier alpha value is -0.340. The molecule has 2 N–H and O–H groups in total. The van der Waals surface area contributed by atoms with Crippen molar-refractivity contribution in [2.75, 3.05) is 0 Å². The van der Waals surface area contributed by atoms with Crippen molar-refractivity contribution in [1.82, 2.24) is 0 Å². The Labute approximate surface area is 100 Å². The molecular weight excluding hydrogens is 250 g/mol. The molecule has 1 aliphatic carbocycles. The summed E-state index contributed by atoms with van der Waals surface area (Å²) in [5.41, 5.74) is 7.80. The molecule has 0 heterocycles. The number of benzene rings is 1. The van der Waals surface area contributed by atoms with Gasteiger partial charge in [-0.1, -0.05) is 41.9 Å². The van der Waals surface area contributed by atoms with E-state index >= 15 is 0 Å². The molecule has 0 aromatic heterocycles. The fourth-order valence-electron chi connectivity index (χ4n) is 2.51. The van der Waals surface area contributed by atoms with Gasteiger partial charge in [-0.25, -0.2) is 0 Å². The fourth-order valence-corrected chi connectivity index (χ4v) is 2.77. The molecule has 1 unspecified atom stereocenters. The van der Waals surface area contributed by atoms with E-state index in [0.29, 0.717) is 11.8 Å². The predicted molar refractivity (Wildman–Crippen MR) is 67.9 cm³/mol. The lowest BCUT2D eigenvalue weighted by atomic mass is 9.81. The quantitative estimate of drug-likeness (QED) is 0.889. The van der Waals surface area contributed by atoms with E-state index in [4.69, 9.17) is 5.73 Å². The van der Waals surface area contributed by atoms with Gasteiger partial charge in [0.1, 0.15) is 0 Å². The zero-order valence-electron chi connectivity index (χ0n) is 9.33. The van der Waals surface area contributed by atoms with Gasteiger partial charge in [0.15, 0.2) is 0 Å². The Morgan fingerprint density at radius 3 is 2.13 bits per heavy atom. The van der Waals surface area contributed by atoms with Crippen molar-refractivity contribution in [3.05, 3.63) is 34.3 Å². The zero-order valence-corrected chi connectivity index (χ0v) is 10.9. The normalized spacial score (nSPS) is 20.3. The number of nitrogens with two attached hydrogens (primary N) is 1. The standard InChI is InChI=1S/C13H18BrN/c1-9(2)12(13(15)7-8-13)10-3-5-11(14)6-4-10/h3-6,9,12H,7-8,15H2,1-2H3. The molecule has 0 bridgehead atoms. The highest BCUT2D eigenvalue weighted by atomic mass is 79.9. The summed E-state index contributed by atoms with van der Waals surface area (Å²) in [7, 11) is 0. The molecule has 0 saturated heterocycles. The molecule has 0 spiro atoms. The predicted octanol–water partition coefficient (Wildman–Crippen LogP) is 3.68. The Kier molecular flexibility index (Phi) is 2.91. The van der Waals surface area contributed by atoms with Gasteiger partial charge in [-0.2, -0.15) is 0 Å².